The van der Waals surface area contributed by atoms with Gasteiger partial charge in [0.15, 0.2) is 6.23 Å². The molecule has 1 N–H and O–H groups in total. The summed E-state index contributed by atoms with van der Waals surface area (Å²) in [6.07, 6.45) is 0.649. The van der Waals surface area contributed by atoms with E-state index < -0.39 is 26.4 Å². The number of likely N-dealkylation sites (tertiary alicyclic amines) is 1. The van der Waals surface area contributed by atoms with Crippen molar-refractivity contribution in [3.63, 3.8) is 0 Å². The number of carbonyl (C=O) groups is 1. The molecule has 1 atom stereocenters. The van der Waals surface area contributed by atoms with Gasteiger partial charge in [-0.1, -0.05) is 30.3 Å². The van der Waals surface area contributed by atoms with Crippen LogP contribution in [0.3, 0.4) is 0 Å². The van der Waals surface area contributed by atoms with E-state index in [1.54, 1.807) is 42.5 Å². The number of sulfonamides is 1. The van der Waals surface area contributed by atoms with Gasteiger partial charge in [0.05, 0.1) is 11.2 Å². The first-order valence-electron chi connectivity index (χ1n) is 8.49. The van der Waals surface area contributed by atoms with Crippen molar-refractivity contribution in [3.8, 4) is 0 Å². The van der Waals surface area contributed by atoms with Crippen LogP contribution < -0.4 is 4.72 Å². The van der Waals surface area contributed by atoms with E-state index in [0.717, 1.165) is 11.8 Å². The first-order valence-corrected chi connectivity index (χ1v) is 11.8. The number of benzene rings is 2. The molecule has 1 saturated heterocycles. The van der Waals surface area contributed by atoms with Crippen LogP contribution in [0.15, 0.2) is 59.5 Å². The minimum Gasteiger partial charge on any atom is -0.311 e. The summed E-state index contributed by atoms with van der Waals surface area (Å²) in [6, 6.07) is 14.5. The molecule has 0 aromatic heterocycles. The lowest BCUT2D eigenvalue weighted by Crippen LogP contribution is -2.35. The summed E-state index contributed by atoms with van der Waals surface area (Å²) in [6.45, 7) is 0.171. The van der Waals surface area contributed by atoms with Gasteiger partial charge in [-0.15, -0.1) is 0 Å². The molecule has 0 aliphatic carbocycles. The Morgan fingerprint density at radius 2 is 1.68 bits per heavy atom. The van der Waals surface area contributed by atoms with Crippen LogP contribution in [0.1, 0.15) is 18.4 Å². The van der Waals surface area contributed by atoms with E-state index in [9.17, 15) is 21.6 Å². The monoisotopic (exact) mass is 424 g/mol. The van der Waals surface area contributed by atoms with E-state index in [4.69, 9.17) is 4.18 Å². The van der Waals surface area contributed by atoms with Crippen LogP contribution in [0.4, 0.5) is 5.69 Å². The predicted octanol–water partition coefficient (Wildman–Crippen LogP) is 1.91. The summed E-state index contributed by atoms with van der Waals surface area (Å²) < 4.78 is 54.9. The molecule has 150 valence electrons. The Hall–Kier alpha value is -2.43. The molecule has 1 fully saturated rings. The van der Waals surface area contributed by atoms with Crippen molar-refractivity contribution in [2.24, 2.45) is 0 Å². The molecule has 1 heterocycles. The first-order chi connectivity index (χ1) is 13.1. The Balaban J connectivity index is 1.70. The summed E-state index contributed by atoms with van der Waals surface area (Å²) in [7, 11) is -7.37. The second-order valence-electron chi connectivity index (χ2n) is 6.43. The van der Waals surface area contributed by atoms with E-state index in [1.165, 1.54) is 17.0 Å². The number of amides is 1. The fourth-order valence-corrected chi connectivity index (χ4v) is 4.57. The van der Waals surface area contributed by atoms with Gasteiger partial charge in [0, 0.05) is 25.1 Å². The maximum Gasteiger partial charge on any atom is 0.266 e. The standard InChI is InChI=1S/C18H20N2O6S2/c1-27(22,23)26-18-12-11-17(21)20(18)13-14-7-9-15(10-8-14)19-28(24,25)16-5-3-2-4-6-16/h2-10,18-19H,11-13H2,1H3. The largest absolute Gasteiger partial charge is 0.311 e. The lowest BCUT2D eigenvalue weighted by Gasteiger charge is -2.23. The van der Waals surface area contributed by atoms with Crippen LogP contribution in [0.25, 0.3) is 0 Å². The molecule has 1 amide bonds. The highest BCUT2D eigenvalue weighted by Crippen LogP contribution is 2.24. The van der Waals surface area contributed by atoms with E-state index in [-0.39, 0.29) is 23.8 Å². The molecule has 2 aromatic rings. The molecule has 3 rings (SSSR count). The van der Waals surface area contributed by atoms with E-state index >= 15 is 0 Å². The summed E-state index contributed by atoms with van der Waals surface area (Å²) in [5.74, 6) is -0.192. The van der Waals surface area contributed by atoms with Crippen LogP contribution in [-0.2, 0) is 35.7 Å². The van der Waals surface area contributed by atoms with Crippen LogP contribution in [0.2, 0.25) is 0 Å². The predicted molar refractivity (Wildman–Crippen MR) is 103 cm³/mol. The van der Waals surface area contributed by atoms with Crippen molar-refractivity contribution in [2.45, 2.75) is 30.5 Å². The van der Waals surface area contributed by atoms with Crippen molar-refractivity contribution in [1.29, 1.82) is 0 Å². The maximum atomic E-state index is 12.3. The molecule has 1 aliphatic heterocycles. The quantitative estimate of drug-likeness (QED) is 0.680. The van der Waals surface area contributed by atoms with Gasteiger partial charge < -0.3 is 4.90 Å². The van der Waals surface area contributed by atoms with Gasteiger partial charge in [0.1, 0.15) is 0 Å². The average Bonchev–Trinajstić information content (AvgIpc) is 2.95. The highest BCUT2D eigenvalue weighted by molar-refractivity contribution is 7.92. The van der Waals surface area contributed by atoms with Gasteiger partial charge in [-0.2, -0.15) is 8.42 Å². The topological polar surface area (TPSA) is 110 Å². The number of anilines is 1. The molecule has 0 saturated carbocycles. The van der Waals surface area contributed by atoms with Gasteiger partial charge in [-0.25, -0.2) is 12.6 Å². The average molecular weight is 425 g/mol. The van der Waals surface area contributed by atoms with Gasteiger partial charge in [0.2, 0.25) is 5.91 Å². The first kappa shape index (κ1) is 20.3. The highest BCUT2D eigenvalue weighted by atomic mass is 32.2. The van der Waals surface area contributed by atoms with E-state index in [2.05, 4.69) is 4.72 Å². The number of hydrogen-bond donors (Lipinski definition) is 1. The van der Waals surface area contributed by atoms with Crippen LogP contribution >= 0.6 is 0 Å². The molecule has 0 spiro atoms. The molecule has 8 nitrogen and oxygen atoms in total. The molecule has 10 heteroatoms. The van der Waals surface area contributed by atoms with E-state index in [1.807, 2.05) is 0 Å². The molecular weight excluding hydrogens is 404 g/mol. The van der Waals surface area contributed by atoms with Crippen molar-refractivity contribution in [3.05, 3.63) is 60.2 Å². The van der Waals surface area contributed by atoms with Crippen LogP contribution in [0, 0.1) is 0 Å². The second kappa shape index (κ2) is 7.90. The molecule has 2 aromatic carbocycles. The zero-order valence-electron chi connectivity index (χ0n) is 15.1. The van der Waals surface area contributed by atoms with Crippen molar-refractivity contribution in [1.82, 2.24) is 4.90 Å². The number of carbonyl (C=O) groups excluding carboxylic acids is 1. The third kappa shape index (κ3) is 5.09. The molecule has 1 aliphatic rings. The molecule has 1 unspecified atom stereocenters. The molecule has 0 bridgehead atoms. The Labute approximate surface area is 164 Å². The Bertz CT molecular complexity index is 1050. The van der Waals surface area contributed by atoms with Gasteiger partial charge >= 0.3 is 0 Å². The Kier molecular flexibility index (Phi) is 5.73. The number of nitrogens with zero attached hydrogens (tertiary/aromatic N) is 1. The van der Waals surface area contributed by atoms with Crippen LogP contribution in [-0.4, -0.2) is 40.1 Å². The number of rotatable bonds is 7. The smallest absolute Gasteiger partial charge is 0.266 e. The summed E-state index contributed by atoms with van der Waals surface area (Å²) in [5.41, 5.74) is 1.10. The highest BCUT2D eigenvalue weighted by Gasteiger charge is 2.34. The molecule has 28 heavy (non-hydrogen) atoms. The van der Waals surface area contributed by atoms with Gasteiger partial charge in [-0.3, -0.25) is 9.52 Å². The van der Waals surface area contributed by atoms with Crippen LogP contribution in [0.5, 0.6) is 0 Å². The fraction of sp³-hybridized carbons (Fsp3) is 0.278. The normalized spacial score (nSPS) is 17.7. The lowest BCUT2D eigenvalue weighted by molar-refractivity contribution is -0.132. The van der Waals surface area contributed by atoms with Gasteiger partial charge in [-0.05, 0) is 29.8 Å². The third-order valence-electron chi connectivity index (χ3n) is 4.17. The van der Waals surface area contributed by atoms with E-state index in [0.29, 0.717) is 12.1 Å². The second-order valence-corrected chi connectivity index (χ2v) is 9.71. The van der Waals surface area contributed by atoms with Gasteiger partial charge in [0.25, 0.3) is 20.1 Å². The third-order valence-corrected chi connectivity index (χ3v) is 6.14. The fourth-order valence-electron chi connectivity index (χ4n) is 2.89. The number of nitrogens with one attached hydrogen (secondary N) is 1. The minimum absolute atomic E-state index is 0.155. The Morgan fingerprint density at radius 1 is 1.04 bits per heavy atom. The lowest BCUT2D eigenvalue weighted by atomic mass is 10.2. The minimum atomic E-state index is -3.69. The number of hydrogen-bond acceptors (Lipinski definition) is 6. The zero-order chi connectivity index (χ0) is 20.4. The van der Waals surface area contributed by atoms with Crippen molar-refractivity contribution in [2.75, 3.05) is 11.0 Å². The molecule has 0 radical (unpaired) electrons. The van der Waals surface area contributed by atoms with Crippen molar-refractivity contribution < 1.29 is 25.8 Å². The summed E-state index contributed by atoms with van der Waals surface area (Å²) in [4.78, 5) is 13.6. The maximum absolute atomic E-state index is 12.3. The zero-order valence-corrected chi connectivity index (χ0v) is 16.7. The SMILES string of the molecule is CS(=O)(=O)OC1CCC(=O)N1Cc1ccc(NS(=O)(=O)c2ccccc2)cc1. The molecular formula is C18H20N2O6S2. The summed E-state index contributed by atoms with van der Waals surface area (Å²) in [5, 5.41) is 0. The van der Waals surface area contributed by atoms with Crippen molar-refractivity contribution >= 4 is 31.7 Å². The summed E-state index contributed by atoms with van der Waals surface area (Å²) >= 11 is 0. The Morgan fingerprint density at radius 3 is 2.29 bits per heavy atom.